The number of nitrogens with one attached hydrogen (secondary N) is 2. The van der Waals surface area contributed by atoms with Crippen LogP contribution in [0.5, 0.6) is 5.75 Å². The lowest BCUT2D eigenvalue weighted by Gasteiger charge is -2.26. The van der Waals surface area contributed by atoms with E-state index in [0.29, 0.717) is 17.3 Å². The quantitative estimate of drug-likeness (QED) is 0.707. The average molecular weight is 381 g/mol. The summed E-state index contributed by atoms with van der Waals surface area (Å²) in [6.07, 6.45) is 4.05. The van der Waals surface area contributed by atoms with Gasteiger partial charge in [-0.1, -0.05) is 0 Å². The van der Waals surface area contributed by atoms with E-state index in [2.05, 4.69) is 20.3 Å². The Kier molecular flexibility index (Phi) is 6.40. The molecule has 1 aromatic carbocycles. The summed E-state index contributed by atoms with van der Waals surface area (Å²) in [5, 5.41) is 6.71. The van der Waals surface area contributed by atoms with Crippen molar-refractivity contribution in [3.8, 4) is 5.75 Å². The molecule has 0 bridgehead atoms. The molecule has 26 heavy (non-hydrogen) atoms. The monoisotopic (exact) mass is 381 g/mol. The van der Waals surface area contributed by atoms with Crippen LogP contribution in [0.3, 0.4) is 0 Å². The van der Waals surface area contributed by atoms with Crippen LogP contribution in [0.2, 0.25) is 0 Å². The fraction of sp³-hybridized carbons (Fsp3) is 0.389. The molecule has 0 radical (unpaired) electrons. The summed E-state index contributed by atoms with van der Waals surface area (Å²) in [7, 11) is 0. The molecule has 1 atom stereocenters. The maximum absolute atomic E-state index is 12.2. The van der Waals surface area contributed by atoms with Gasteiger partial charge >= 0.3 is 6.61 Å². The zero-order valence-corrected chi connectivity index (χ0v) is 15.0. The van der Waals surface area contributed by atoms with Crippen molar-refractivity contribution >= 4 is 23.0 Å². The van der Waals surface area contributed by atoms with Gasteiger partial charge in [-0.05, 0) is 74.5 Å². The molecule has 0 aliphatic carbocycles. The lowest BCUT2D eigenvalue weighted by atomic mass is 10.2. The summed E-state index contributed by atoms with van der Waals surface area (Å²) in [5.41, 5.74) is 0.694. The van der Waals surface area contributed by atoms with E-state index in [0.717, 1.165) is 18.8 Å². The zero-order chi connectivity index (χ0) is 18.4. The summed E-state index contributed by atoms with van der Waals surface area (Å²) in [5.74, 6) is 1.02. The summed E-state index contributed by atoms with van der Waals surface area (Å²) in [6, 6.07) is 10.2. The number of ether oxygens (including phenoxy) is 1. The SMILES string of the molecule is FC(F)Oc1ccc(NC(=S)NC[C@@H](c2ccco2)N2CCCC2)cc1. The van der Waals surface area contributed by atoms with Gasteiger partial charge in [0.05, 0.1) is 12.3 Å². The first kappa shape index (κ1) is 18.6. The van der Waals surface area contributed by atoms with E-state index in [-0.39, 0.29) is 11.8 Å². The molecule has 5 nitrogen and oxygen atoms in total. The van der Waals surface area contributed by atoms with Gasteiger partial charge in [0.2, 0.25) is 0 Å². The molecular weight excluding hydrogens is 360 g/mol. The van der Waals surface area contributed by atoms with Crippen LogP contribution in [0.4, 0.5) is 14.5 Å². The van der Waals surface area contributed by atoms with Crippen LogP contribution in [0.1, 0.15) is 24.6 Å². The van der Waals surface area contributed by atoms with Crippen molar-refractivity contribution in [2.45, 2.75) is 25.5 Å². The van der Waals surface area contributed by atoms with Gasteiger partial charge < -0.3 is 19.8 Å². The molecule has 3 rings (SSSR count). The van der Waals surface area contributed by atoms with Crippen LogP contribution in [0, 0.1) is 0 Å². The average Bonchev–Trinajstić information content (AvgIpc) is 3.30. The Balaban J connectivity index is 1.53. The van der Waals surface area contributed by atoms with E-state index in [1.807, 2.05) is 12.1 Å². The number of nitrogens with zero attached hydrogens (tertiary/aromatic N) is 1. The minimum absolute atomic E-state index is 0.108. The first-order valence-corrected chi connectivity index (χ1v) is 8.90. The van der Waals surface area contributed by atoms with Crippen molar-refractivity contribution < 1.29 is 17.9 Å². The Hall–Kier alpha value is -2.19. The maximum atomic E-state index is 12.2. The van der Waals surface area contributed by atoms with Gasteiger partial charge in [-0.15, -0.1) is 0 Å². The number of likely N-dealkylation sites (tertiary alicyclic amines) is 1. The Labute approximate surface area is 156 Å². The Morgan fingerprint density at radius 1 is 1.19 bits per heavy atom. The number of hydrogen-bond acceptors (Lipinski definition) is 4. The highest BCUT2D eigenvalue weighted by Crippen LogP contribution is 2.25. The second-order valence-corrected chi connectivity index (χ2v) is 6.42. The predicted octanol–water partition coefficient (Wildman–Crippen LogP) is 4.00. The first-order chi connectivity index (χ1) is 12.6. The normalized spacial score (nSPS) is 15.8. The van der Waals surface area contributed by atoms with E-state index in [4.69, 9.17) is 16.6 Å². The lowest BCUT2D eigenvalue weighted by molar-refractivity contribution is -0.0498. The number of halogens is 2. The number of thiocarbonyl (C=S) groups is 1. The fourth-order valence-electron chi connectivity index (χ4n) is 3.03. The number of furan rings is 1. The number of rotatable bonds is 7. The van der Waals surface area contributed by atoms with Crippen LogP contribution in [0.25, 0.3) is 0 Å². The molecular formula is C18H21F2N3O2S. The van der Waals surface area contributed by atoms with Gasteiger partial charge in [0.1, 0.15) is 11.5 Å². The molecule has 0 spiro atoms. The molecule has 1 saturated heterocycles. The van der Waals surface area contributed by atoms with Crippen molar-refractivity contribution in [1.82, 2.24) is 10.2 Å². The molecule has 2 N–H and O–H groups in total. The van der Waals surface area contributed by atoms with E-state index < -0.39 is 6.61 Å². The highest BCUT2D eigenvalue weighted by atomic mass is 32.1. The van der Waals surface area contributed by atoms with Crippen LogP contribution < -0.4 is 15.4 Å². The van der Waals surface area contributed by atoms with Crippen LogP contribution in [-0.4, -0.2) is 36.3 Å². The third-order valence-corrected chi connectivity index (χ3v) is 4.49. The van der Waals surface area contributed by atoms with E-state index in [9.17, 15) is 8.78 Å². The largest absolute Gasteiger partial charge is 0.468 e. The van der Waals surface area contributed by atoms with Crippen molar-refractivity contribution in [1.29, 1.82) is 0 Å². The number of anilines is 1. The second kappa shape index (κ2) is 8.95. The molecule has 1 aliphatic heterocycles. The van der Waals surface area contributed by atoms with Gasteiger partial charge in [-0.25, -0.2) is 0 Å². The number of benzene rings is 1. The minimum atomic E-state index is -2.83. The highest BCUT2D eigenvalue weighted by molar-refractivity contribution is 7.80. The number of alkyl halides is 2. The van der Waals surface area contributed by atoms with Gasteiger partial charge in [0.25, 0.3) is 0 Å². The smallest absolute Gasteiger partial charge is 0.387 e. The molecule has 2 aromatic rings. The van der Waals surface area contributed by atoms with E-state index in [1.165, 1.54) is 25.0 Å². The molecule has 1 fully saturated rings. The Morgan fingerprint density at radius 2 is 1.92 bits per heavy atom. The molecule has 0 amide bonds. The minimum Gasteiger partial charge on any atom is -0.468 e. The lowest BCUT2D eigenvalue weighted by Crippen LogP contribution is -2.38. The molecule has 140 valence electrons. The Bertz CT molecular complexity index is 689. The Morgan fingerprint density at radius 3 is 2.54 bits per heavy atom. The molecule has 1 aliphatic rings. The van der Waals surface area contributed by atoms with Crippen LogP contribution in [0.15, 0.2) is 47.1 Å². The standard InChI is InChI=1S/C18H21F2N3O2S/c19-17(20)25-14-7-5-13(6-8-14)22-18(26)21-12-15(16-4-3-11-24-16)23-9-1-2-10-23/h3-8,11,15,17H,1-2,9-10,12H2,(H2,21,22,26)/t15-/m0/s1. The van der Waals surface area contributed by atoms with Crippen molar-refractivity contribution in [2.24, 2.45) is 0 Å². The summed E-state index contributed by atoms with van der Waals surface area (Å²) < 4.78 is 34.3. The third-order valence-electron chi connectivity index (χ3n) is 4.25. The zero-order valence-electron chi connectivity index (χ0n) is 14.2. The maximum Gasteiger partial charge on any atom is 0.387 e. The van der Waals surface area contributed by atoms with Crippen molar-refractivity contribution in [3.05, 3.63) is 48.4 Å². The molecule has 8 heteroatoms. The van der Waals surface area contributed by atoms with Gasteiger partial charge in [0, 0.05) is 12.2 Å². The van der Waals surface area contributed by atoms with Crippen LogP contribution >= 0.6 is 12.2 Å². The molecule has 0 unspecified atom stereocenters. The van der Waals surface area contributed by atoms with Gasteiger partial charge in [-0.3, -0.25) is 4.90 Å². The fourth-order valence-corrected chi connectivity index (χ4v) is 3.23. The molecule has 1 aromatic heterocycles. The van der Waals surface area contributed by atoms with E-state index in [1.54, 1.807) is 18.4 Å². The van der Waals surface area contributed by atoms with Crippen LogP contribution in [-0.2, 0) is 0 Å². The second-order valence-electron chi connectivity index (χ2n) is 6.01. The topological polar surface area (TPSA) is 49.7 Å². The number of hydrogen-bond donors (Lipinski definition) is 2. The molecule has 2 heterocycles. The molecule has 0 saturated carbocycles. The third kappa shape index (κ3) is 5.15. The first-order valence-electron chi connectivity index (χ1n) is 8.49. The summed E-state index contributed by atoms with van der Waals surface area (Å²) in [4.78, 5) is 2.38. The van der Waals surface area contributed by atoms with Crippen molar-refractivity contribution in [3.63, 3.8) is 0 Å². The summed E-state index contributed by atoms with van der Waals surface area (Å²) >= 11 is 5.34. The van der Waals surface area contributed by atoms with Crippen molar-refractivity contribution in [2.75, 3.05) is 25.0 Å². The van der Waals surface area contributed by atoms with E-state index >= 15 is 0 Å². The van der Waals surface area contributed by atoms with Gasteiger partial charge in [-0.2, -0.15) is 8.78 Å². The predicted molar refractivity (Wildman–Crippen MR) is 99.6 cm³/mol. The van der Waals surface area contributed by atoms with Gasteiger partial charge in [0.15, 0.2) is 5.11 Å². The summed E-state index contributed by atoms with van der Waals surface area (Å²) in [6.45, 7) is -0.135. The highest BCUT2D eigenvalue weighted by Gasteiger charge is 2.25.